The van der Waals surface area contributed by atoms with Gasteiger partial charge in [-0.3, -0.25) is 14.0 Å². The average molecular weight is 330 g/mol. The lowest BCUT2D eigenvalue weighted by Crippen LogP contribution is -2.29. The van der Waals surface area contributed by atoms with Gasteiger partial charge in [0.25, 0.3) is 5.91 Å². The van der Waals surface area contributed by atoms with E-state index in [-0.39, 0.29) is 11.8 Å². The van der Waals surface area contributed by atoms with E-state index in [1.807, 2.05) is 36.6 Å². The van der Waals surface area contributed by atoms with Crippen LogP contribution in [0.5, 0.6) is 0 Å². The van der Waals surface area contributed by atoms with Gasteiger partial charge in [0.2, 0.25) is 5.91 Å². The van der Waals surface area contributed by atoms with Crippen molar-refractivity contribution in [3.8, 4) is 0 Å². The van der Waals surface area contributed by atoms with Gasteiger partial charge in [-0.15, -0.1) is 0 Å². The van der Waals surface area contributed by atoms with Crippen molar-refractivity contribution < 1.29 is 9.59 Å². The summed E-state index contributed by atoms with van der Waals surface area (Å²) in [6, 6.07) is 3.88. The first-order valence-electron chi connectivity index (χ1n) is 8.53. The number of amides is 2. The molecule has 24 heavy (non-hydrogen) atoms. The van der Waals surface area contributed by atoms with Crippen LogP contribution in [-0.2, 0) is 4.79 Å². The average Bonchev–Trinajstić information content (AvgIpc) is 2.89. The highest BCUT2D eigenvalue weighted by atomic mass is 16.2. The smallest absolute Gasteiger partial charge is 0.270 e. The van der Waals surface area contributed by atoms with Crippen molar-refractivity contribution in [2.45, 2.75) is 46.5 Å². The molecule has 0 atom stereocenters. The molecular weight excluding hydrogens is 304 g/mol. The molecule has 2 amide bonds. The summed E-state index contributed by atoms with van der Waals surface area (Å²) in [6.07, 6.45) is 4.95. The zero-order valence-electron chi connectivity index (χ0n) is 14.7. The Hall–Kier alpha value is -2.37. The molecule has 0 saturated carbocycles. The van der Waals surface area contributed by atoms with Crippen LogP contribution in [0, 0.1) is 13.8 Å². The molecule has 0 bridgehead atoms. The zero-order valence-corrected chi connectivity index (χ0v) is 14.7. The lowest BCUT2D eigenvalue weighted by atomic mass is 10.2. The molecule has 2 aromatic heterocycles. The summed E-state index contributed by atoms with van der Waals surface area (Å²) in [5.41, 5.74) is 3.10. The number of rotatable bonds is 8. The molecule has 0 unspecified atom stereocenters. The van der Waals surface area contributed by atoms with E-state index in [0.29, 0.717) is 30.8 Å². The van der Waals surface area contributed by atoms with Crippen LogP contribution in [0.4, 0.5) is 0 Å². The number of unbranched alkanes of at least 4 members (excludes halogenated alkanes) is 1. The minimum Gasteiger partial charge on any atom is -0.356 e. The molecule has 0 saturated heterocycles. The molecule has 0 aliphatic rings. The van der Waals surface area contributed by atoms with Crippen LogP contribution in [0.25, 0.3) is 5.65 Å². The largest absolute Gasteiger partial charge is 0.356 e. The Morgan fingerprint density at radius 1 is 1.17 bits per heavy atom. The molecule has 0 aromatic carbocycles. The summed E-state index contributed by atoms with van der Waals surface area (Å²) >= 11 is 0. The maximum atomic E-state index is 12.4. The third-order valence-electron chi connectivity index (χ3n) is 3.95. The number of imidazole rings is 1. The summed E-state index contributed by atoms with van der Waals surface area (Å²) in [4.78, 5) is 28.5. The van der Waals surface area contributed by atoms with Gasteiger partial charge in [0.1, 0.15) is 11.3 Å². The minimum atomic E-state index is -0.156. The molecule has 0 aliphatic heterocycles. The highest BCUT2D eigenvalue weighted by Crippen LogP contribution is 2.15. The monoisotopic (exact) mass is 330 g/mol. The van der Waals surface area contributed by atoms with E-state index in [9.17, 15) is 9.59 Å². The fourth-order valence-corrected chi connectivity index (χ4v) is 2.62. The number of nitrogens with one attached hydrogen (secondary N) is 2. The molecule has 0 radical (unpaired) electrons. The van der Waals surface area contributed by atoms with E-state index in [4.69, 9.17) is 0 Å². The van der Waals surface area contributed by atoms with Crippen LogP contribution < -0.4 is 10.6 Å². The quantitative estimate of drug-likeness (QED) is 0.730. The van der Waals surface area contributed by atoms with Crippen molar-refractivity contribution in [3.63, 3.8) is 0 Å². The molecule has 6 heteroatoms. The Morgan fingerprint density at radius 2 is 1.92 bits per heavy atom. The predicted molar refractivity (Wildman–Crippen MR) is 94.2 cm³/mol. The molecule has 2 rings (SSSR count). The van der Waals surface area contributed by atoms with Gasteiger partial charge in [-0.25, -0.2) is 4.98 Å². The molecule has 6 nitrogen and oxygen atoms in total. The first-order chi connectivity index (χ1) is 11.5. The Kier molecular flexibility index (Phi) is 6.35. The Morgan fingerprint density at radius 3 is 2.67 bits per heavy atom. The fourth-order valence-electron chi connectivity index (χ4n) is 2.62. The number of carbonyl (C=O) groups is 2. The first kappa shape index (κ1) is 18.0. The van der Waals surface area contributed by atoms with Crippen molar-refractivity contribution in [2.24, 2.45) is 0 Å². The lowest BCUT2D eigenvalue weighted by Gasteiger charge is -2.07. The summed E-state index contributed by atoms with van der Waals surface area (Å²) in [6.45, 7) is 7.09. The second kappa shape index (κ2) is 8.47. The summed E-state index contributed by atoms with van der Waals surface area (Å²) in [7, 11) is 0. The zero-order chi connectivity index (χ0) is 17.5. The molecule has 2 heterocycles. The van der Waals surface area contributed by atoms with Gasteiger partial charge >= 0.3 is 0 Å². The molecule has 2 N–H and O–H groups in total. The van der Waals surface area contributed by atoms with Crippen LogP contribution in [0.15, 0.2) is 18.3 Å². The normalized spacial score (nSPS) is 10.8. The van der Waals surface area contributed by atoms with Crippen molar-refractivity contribution in [1.82, 2.24) is 20.0 Å². The number of aryl methyl sites for hydroxylation is 2. The SMILES string of the molecule is CCCCNC(=O)CCCNC(=O)c1c(C)nc2c(C)cccn12. The minimum absolute atomic E-state index is 0.0410. The Bertz CT molecular complexity index is 721. The predicted octanol–water partition coefficient (Wildman–Crippen LogP) is 2.38. The van der Waals surface area contributed by atoms with Gasteiger partial charge < -0.3 is 10.6 Å². The maximum absolute atomic E-state index is 12.4. The van der Waals surface area contributed by atoms with Crippen molar-refractivity contribution in [3.05, 3.63) is 35.3 Å². The van der Waals surface area contributed by atoms with Gasteiger partial charge in [0.05, 0.1) is 5.69 Å². The van der Waals surface area contributed by atoms with Gasteiger partial charge in [-0.2, -0.15) is 0 Å². The molecule has 0 aliphatic carbocycles. The number of hydrogen-bond donors (Lipinski definition) is 2. The third kappa shape index (κ3) is 4.34. The number of aromatic nitrogens is 2. The number of nitrogens with zero attached hydrogens (tertiary/aromatic N) is 2. The molecular formula is C18H26N4O2. The molecule has 2 aromatic rings. The second-order valence-corrected chi connectivity index (χ2v) is 5.99. The summed E-state index contributed by atoms with van der Waals surface area (Å²) in [5.74, 6) is -0.115. The van der Waals surface area contributed by atoms with Gasteiger partial charge in [-0.1, -0.05) is 19.4 Å². The molecule has 0 spiro atoms. The summed E-state index contributed by atoms with van der Waals surface area (Å²) < 4.78 is 1.82. The first-order valence-corrected chi connectivity index (χ1v) is 8.53. The molecule has 130 valence electrons. The van der Waals surface area contributed by atoms with E-state index >= 15 is 0 Å². The fraction of sp³-hybridized carbons (Fsp3) is 0.500. The molecule has 0 fully saturated rings. The number of fused-ring (bicyclic) bond motifs is 1. The lowest BCUT2D eigenvalue weighted by molar-refractivity contribution is -0.121. The van der Waals surface area contributed by atoms with Gasteiger partial charge in [-0.05, 0) is 38.3 Å². The van der Waals surface area contributed by atoms with E-state index in [1.54, 1.807) is 0 Å². The van der Waals surface area contributed by atoms with Crippen LogP contribution in [-0.4, -0.2) is 34.3 Å². The summed E-state index contributed by atoms with van der Waals surface area (Å²) in [5, 5.41) is 5.75. The Balaban J connectivity index is 1.87. The maximum Gasteiger partial charge on any atom is 0.270 e. The van der Waals surface area contributed by atoms with Gasteiger partial charge in [0.15, 0.2) is 0 Å². The van der Waals surface area contributed by atoms with Crippen molar-refractivity contribution in [1.29, 1.82) is 0 Å². The van der Waals surface area contributed by atoms with Crippen molar-refractivity contribution >= 4 is 17.5 Å². The number of pyridine rings is 1. The standard InChI is InChI=1S/C18H26N4O2/c1-4-5-10-19-15(23)9-6-11-20-18(24)16-14(3)21-17-13(2)8-7-12-22(16)17/h7-8,12H,4-6,9-11H2,1-3H3,(H,19,23)(H,20,24). The van der Waals surface area contributed by atoms with Crippen LogP contribution >= 0.6 is 0 Å². The third-order valence-corrected chi connectivity index (χ3v) is 3.95. The van der Waals surface area contributed by atoms with Crippen LogP contribution in [0.3, 0.4) is 0 Å². The van der Waals surface area contributed by atoms with E-state index in [0.717, 1.165) is 30.6 Å². The topological polar surface area (TPSA) is 75.5 Å². The highest BCUT2D eigenvalue weighted by molar-refractivity contribution is 5.94. The van der Waals surface area contributed by atoms with Crippen LogP contribution in [0.2, 0.25) is 0 Å². The highest BCUT2D eigenvalue weighted by Gasteiger charge is 2.16. The Labute approximate surface area is 142 Å². The van der Waals surface area contributed by atoms with E-state index in [2.05, 4.69) is 22.5 Å². The van der Waals surface area contributed by atoms with E-state index in [1.165, 1.54) is 0 Å². The van der Waals surface area contributed by atoms with Crippen LogP contribution in [0.1, 0.15) is 54.4 Å². The van der Waals surface area contributed by atoms with Crippen molar-refractivity contribution in [2.75, 3.05) is 13.1 Å². The number of carbonyl (C=O) groups excluding carboxylic acids is 2. The van der Waals surface area contributed by atoms with E-state index < -0.39 is 0 Å². The van der Waals surface area contributed by atoms with Gasteiger partial charge in [0, 0.05) is 25.7 Å². The number of hydrogen-bond acceptors (Lipinski definition) is 3. The second-order valence-electron chi connectivity index (χ2n) is 5.99.